The van der Waals surface area contributed by atoms with Gasteiger partial charge in [-0.2, -0.15) is 0 Å². The Kier molecular flexibility index (Phi) is 7.72. The normalized spacial score (nSPS) is 11.3. The van der Waals surface area contributed by atoms with Gasteiger partial charge in [-0.3, -0.25) is 4.79 Å². The summed E-state index contributed by atoms with van der Waals surface area (Å²) >= 11 is 1.48. The molecule has 1 heterocycles. The highest BCUT2D eigenvalue weighted by Gasteiger charge is 2.08. The van der Waals surface area contributed by atoms with E-state index in [1.54, 1.807) is 0 Å². The fourth-order valence-corrected chi connectivity index (χ4v) is 2.49. The number of rotatable bonds is 9. The third kappa shape index (κ3) is 6.98. The molecule has 0 aliphatic carbocycles. The monoisotopic (exact) mass is 298 g/mol. The van der Waals surface area contributed by atoms with Crippen molar-refractivity contribution in [2.24, 2.45) is 0 Å². The second kappa shape index (κ2) is 9.05. The summed E-state index contributed by atoms with van der Waals surface area (Å²) in [5, 5.41) is 5.56. The van der Waals surface area contributed by atoms with Crippen molar-refractivity contribution in [3.8, 4) is 0 Å². The first-order valence-electron chi connectivity index (χ1n) is 7.08. The van der Waals surface area contributed by atoms with Crippen LogP contribution in [0.1, 0.15) is 31.9 Å². The summed E-state index contributed by atoms with van der Waals surface area (Å²) in [6.07, 6.45) is 2.88. The lowest BCUT2D eigenvalue weighted by Crippen LogP contribution is -2.25. The van der Waals surface area contributed by atoms with Crippen LogP contribution in [0.15, 0.2) is 5.38 Å². The Balaban J connectivity index is 2.29. The summed E-state index contributed by atoms with van der Waals surface area (Å²) in [7, 11) is 6.06. The van der Waals surface area contributed by atoms with Gasteiger partial charge in [-0.1, -0.05) is 13.3 Å². The molecule has 0 aliphatic rings. The van der Waals surface area contributed by atoms with Gasteiger partial charge in [0.05, 0.1) is 5.69 Å². The quantitative estimate of drug-likeness (QED) is 0.760. The fraction of sp³-hybridized carbons (Fsp3) is 0.714. The van der Waals surface area contributed by atoms with Gasteiger partial charge in [0.25, 0.3) is 0 Å². The Hall–Kier alpha value is -0.980. The molecule has 0 bridgehead atoms. The highest BCUT2D eigenvalue weighted by Crippen LogP contribution is 2.16. The predicted octanol–water partition coefficient (Wildman–Crippen LogP) is 2.27. The van der Waals surface area contributed by atoms with Crippen molar-refractivity contribution in [2.75, 3.05) is 39.5 Å². The molecular weight excluding hydrogens is 272 g/mol. The summed E-state index contributed by atoms with van der Waals surface area (Å²) in [6, 6.07) is 0. The van der Waals surface area contributed by atoms with E-state index in [4.69, 9.17) is 0 Å². The van der Waals surface area contributed by atoms with E-state index in [1.807, 2.05) is 19.5 Å². The molecule has 0 aliphatic heterocycles. The van der Waals surface area contributed by atoms with Crippen LogP contribution in [0.2, 0.25) is 0 Å². The Morgan fingerprint density at radius 2 is 2.10 bits per heavy atom. The van der Waals surface area contributed by atoms with Crippen LogP contribution in [0.3, 0.4) is 0 Å². The summed E-state index contributed by atoms with van der Waals surface area (Å²) in [4.78, 5) is 20.5. The average molecular weight is 298 g/mol. The molecule has 20 heavy (non-hydrogen) atoms. The molecule has 114 valence electrons. The van der Waals surface area contributed by atoms with E-state index in [0.29, 0.717) is 11.6 Å². The topological polar surface area (TPSA) is 48.5 Å². The van der Waals surface area contributed by atoms with Gasteiger partial charge < -0.3 is 15.1 Å². The predicted molar refractivity (Wildman–Crippen MR) is 85.2 cm³/mol. The van der Waals surface area contributed by atoms with Crippen molar-refractivity contribution >= 4 is 22.4 Å². The molecule has 1 N–H and O–H groups in total. The van der Waals surface area contributed by atoms with Crippen molar-refractivity contribution in [2.45, 2.75) is 32.7 Å². The van der Waals surface area contributed by atoms with E-state index in [0.717, 1.165) is 25.3 Å². The standard InChI is InChI=1S/C14H26N4OS/c1-5-6-8-18(4)9-7-13(19)16-14-15-12(11-20-14)10-17(2)3/h11H,5-10H2,1-4H3,(H,15,16,19). The Bertz CT molecular complexity index is 406. The summed E-state index contributed by atoms with van der Waals surface area (Å²) in [6.45, 7) is 4.82. The van der Waals surface area contributed by atoms with Gasteiger partial charge in [0.15, 0.2) is 5.13 Å². The summed E-state index contributed by atoms with van der Waals surface area (Å²) in [5.41, 5.74) is 0.996. The molecule has 0 aromatic carbocycles. The van der Waals surface area contributed by atoms with Gasteiger partial charge in [0.2, 0.25) is 5.91 Å². The van der Waals surface area contributed by atoms with Crippen LogP contribution < -0.4 is 5.32 Å². The summed E-state index contributed by atoms with van der Waals surface area (Å²) < 4.78 is 0. The minimum atomic E-state index is 0.0408. The molecule has 1 amide bonds. The molecule has 5 nitrogen and oxygen atoms in total. The van der Waals surface area contributed by atoms with E-state index in [1.165, 1.54) is 24.2 Å². The number of amides is 1. The first-order valence-corrected chi connectivity index (χ1v) is 7.96. The van der Waals surface area contributed by atoms with E-state index >= 15 is 0 Å². The van der Waals surface area contributed by atoms with Crippen LogP contribution in [0.4, 0.5) is 5.13 Å². The number of carbonyl (C=O) groups is 1. The van der Waals surface area contributed by atoms with Crippen LogP contribution in [0.5, 0.6) is 0 Å². The van der Waals surface area contributed by atoms with Crippen LogP contribution in [0, 0.1) is 0 Å². The minimum Gasteiger partial charge on any atom is -0.306 e. The zero-order valence-electron chi connectivity index (χ0n) is 13.0. The van der Waals surface area contributed by atoms with E-state index in [9.17, 15) is 4.79 Å². The maximum atomic E-state index is 11.8. The Labute approximate surface area is 126 Å². The zero-order valence-corrected chi connectivity index (χ0v) is 13.8. The number of thiazole rings is 1. The van der Waals surface area contributed by atoms with Crippen molar-refractivity contribution in [3.63, 3.8) is 0 Å². The molecule has 1 aromatic heterocycles. The van der Waals surface area contributed by atoms with Crippen molar-refractivity contribution in [1.82, 2.24) is 14.8 Å². The average Bonchev–Trinajstić information content (AvgIpc) is 2.80. The van der Waals surface area contributed by atoms with Gasteiger partial charge in [-0.25, -0.2) is 4.98 Å². The maximum absolute atomic E-state index is 11.8. The largest absolute Gasteiger partial charge is 0.306 e. The second-order valence-electron chi connectivity index (χ2n) is 5.34. The molecular formula is C14H26N4OS. The molecule has 1 rings (SSSR count). The second-order valence-corrected chi connectivity index (χ2v) is 6.19. The van der Waals surface area contributed by atoms with Crippen LogP contribution >= 0.6 is 11.3 Å². The number of carbonyl (C=O) groups excluding carboxylic acids is 1. The molecule has 0 saturated carbocycles. The van der Waals surface area contributed by atoms with Gasteiger partial charge in [0.1, 0.15) is 0 Å². The number of hydrogen-bond acceptors (Lipinski definition) is 5. The number of nitrogens with zero attached hydrogens (tertiary/aromatic N) is 3. The number of hydrogen-bond donors (Lipinski definition) is 1. The number of anilines is 1. The minimum absolute atomic E-state index is 0.0408. The molecule has 1 aromatic rings. The van der Waals surface area contributed by atoms with Gasteiger partial charge in [0, 0.05) is 24.9 Å². The lowest BCUT2D eigenvalue weighted by atomic mass is 10.3. The van der Waals surface area contributed by atoms with Crippen LogP contribution in [-0.2, 0) is 11.3 Å². The lowest BCUT2D eigenvalue weighted by molar-refractivity contribution is -0.116. The SMILES string of the molecule is CCCCN(C)CCC(=O)Nc1nc(CN(C)C)cs1. The first-order chi connectivity index (χ1) is 9.51. The first kappa shape index (κ1) is 17.1. The van der Waals surface area contributed by atoms with Gasteiger partial charge in [-0.15, -0.1) is 11.3 Å². The molecule has 0 saturated heterocycles. The molecule has 0 fully saturated rings. The highest BCUT2D eigenvalue weighted by atomic mass is 32.1. The zero-order chi connectivity index (χ0) is 15.0. The Morgan fingerprint density at radius 3 is 2.75 bits per heavy atom. The van der Waals surface area contributed by atoms with Crippen molar-refractivity contribution in [3.05, 3.63) is 11.1 Å². The number of aromatic nitrogens is 1. The van der Waals surface area contributed by atoms with Crippen LogP contribution in [-0.4, -0.2) is 54.9 Å². The third-order valence-corrected chi connectivity index (χ3v) is 3.70. The lowest BCUT2D eigenvalue weighted by Gasteiger charge is -2.15. The Morgan fingerprint density at radius 1 is 1.35 bits per heavy atom. The molecule has 0 unspecified atom stereocenters. The highest BCUT2D eigenvalue weighted by molar-refractivity contribution is 7.13. The van der Waals surface area contributed by atoms with E-state index in [-0.39, 0.29) is 5.91 Å². The number of nitrogens with one attached hydrogen (secondary N) is 1. The van der Waals surface area contributed by atoms with Gasteiger partial charge >= 0.3 is 0 Å². The molecule has 0 spiro atoms. The van der Waals surface area contributed by atoms with Crippen LogP contribution in [0.25, 0.3) is 0 Å². The van der Waals surface area contributed by atoms with E-state index < -0.39 is 0 Å². The number of unbranched alkanes of at least 4 members (excludes halogenated alkanes) is 1. The van der Waals surface area contributed by atoms with Gasteiger partial charge in [-0.05, 0) is 34.1 Å². The van der Waals surface area contributed by atoms with E-state index in [2.05, 4.69) is 34.1 Å². The summed E-state index contributed by atoms with van der Waals surface area (Å²) in [5.74, 6) is 0.0408. The smallest absolute Gasteiger partial charge is 0.227 e. The van der Waals surface area contributed by atoms with Crippen molar-refractivity contribution < 1.29 is 4.79 Å². The molecule has 0 atom stereocenters. The van der Waals surface area contributed by atoms with Crippen molar-refractivity contribution in [1.29, 1.82) is 0 Å². The fourth-order valence-electron chi connectivity index (χ4n) is 1.78. The third-order valence-electron chi connectivity index (χ3n) is 2.89. The maximum Gasteiger partial charge on any atom is 0.227 e. The molecule has 6 heteroatoms. The molecule has 0 radical (unpaired) electrons.